The van der Waals surface area contributed by atoms with Crippen LogP contribution in [0.3, 0.4) is 0 Å². The summed E-state index contributed by atoms with van der Waals surface area (Å²) in [6, 6.07) is -0.883. The van der Waals surface area contributed by atoms with Crippen molar-refractivity contribution >= 4 is 19.7 Å². The molecule has 0 fully saturated rings. The number of esters is 1. The molecular formula is C71H124N2O7P+. The van der Waals surface area contributed by atoms with Crippen LogP contribution in [0.5, 0.6) is 0 Å². The maximum atomic E-state index is 13.6. The van der Waals surface area contributed by atoms with Gasteiger partial charge in [-0.15, -0.1) is 0 Å². The number of phosphoric acid groups is 1. The first-order chi connectivity index (χ1) is 39.4. The van der Waals surface area contributed by atoms with Crippen LogP contribution >= 0.6 is 7.82 Å². The van der Waals surface area contributed by atoms with Gasteiger partial charge in [-0.3, -0.25) is 18.6 Å². The molecule has 0 aliphatic heterocycles. The molecule has 0 aromatic carbocycles. The summed E-state index contributed by atoms with van der Waals surface area (Å²) in [5.74, 6) is -0.585. The van der Waals surface area contributed by atoms with Crippen molar-refractivity contribution in [2.75, 3.05) is 40.9 Å². The average molecular weight is 1150 g/mol. The number of hydrogen-bond acceptors (Lipinski definition) is 6. The molecule has 0 spiro atoms. The van der Waals surface area contributed by atoms with Gasteiger partial charge in [0.2, 0.25) is 5.91 Å². The van der Waals surface area contributed by atoms with Crippen LogP contribution in [0, 0.1) is 0 Å². The van der Waals surface area contributed by atoms with Gasteiger partial charge in [-0.25, -0.2) is 4.57 Å². The van der Waals surface area contributed by atoms with E-state index in [4.69, 9.17) is 13.8 Å². The third-order valence-corrected chi connectivity index (χ3v) is 14.9. The van der Waals surface area contributed by atoms with Gasteiger partial charge < -0.3 is 19.4 Å². The maximum absolute atomic E-state index is 13.6. The van der Waals surface area contributed by atoms with E-state index >= 15 is 0 Å². The van der Waals surface area contributed by atoms with E-state index in [-0.39, 0.29) is 31.5 Å². The first-order valence-electron chi connectivity index (χ1n) is 32.9. The van der Waals surface area contributed by atoms with Crippen molar-refractivity contribution in [3.05, 3.63) is 122 Å². The van der Waals surface area contributed by atoms with E-state index < -0.39 is 20.0 Å². The third kappa shape index (κ3) is 60.8. The molecule has 0 rings (SSSR count). The number of nitrogens with zero attached hydrogens (tertiary/aromatic N) is 1. The summed E-state index contributed by atoms with van der Waals surface area (Å²) in [6.07, 6.45) is 83.5. The highest BCUT2D eigenvalue weighted by Gasteiger charge is 2.30. The molecule has 0 heterocycles. The Labute approximate surface area is 499 Å². The highest BCUT2D eigenvalue weighted by atomic mass is 31.2. The van der Waals surface area contributed by atoms with Crippen LogP contribution in [0.2, 0.25) is 0 Å². The van der Waals surface area contributed by atoms with Gasteiger partial charge >= 0.3 is 13.8 Å². The normalized spacial score (nSPS) is 14.4. The topological polar surface area (TPSA) is 111 Å². The highest BCUT2D eigenvalue weighted by Crippen LogP contribution is 2.43. The first-order valence-corrected chi connectivity index (χ1v) is 34.4. The van der Waals surface area contributed by atoms with Gasteiger partial charge in [-0.1, -0.05) is 258 Å². The molecule has 10 heteroatoms. The predicted molar refractivity (Wildman–Crippen MR) is 350 cm³/mol. The monoisotopic (exact) mass is 1150 g/mol. The number of quaternary nitrogens is 1. The van der Waals surface area contributed by atoms with Gasteiger partial charge in [0.1, 0.15) is 19.3 Å². The molecule has 0 aliphatic carbocycles. The first kappa shape index (κ1) is 77.4. The number of rotatable bonds is 58. The molecule has 3 atom stereocenters. The van der Waals surface area contributed by atoms with Crippen molar-refractivity contribution in [1.29, 1.82) is 0 Å². The molecule has 0 saturated heterocycles. The molecular weight excluding hydrogens is 1020 g/mol. The molecule has 2 N–H and O–H groups in total. The summed E-state index contributed by atoms with van der Waals surface area (Å²) in [6.45, 7) is 6.82. The predicted octanol–water partition coefficient (Wildman–Crippen LogP) is 20.7. The summed E-state index contributed by atoms with van der Waals surface area (Å²) in [4.78, 5) is 37.8. The lowest BCUT2D eigenvalue weighted by Gasteiger charge is -2.27. The van der Waals surface area contributed by atoms with E-state index in [9.17, 15) is 19.0 Å². The summed E-state index contributed by atoms with van der Waals surface area (Å²) in [5.41, 5.74) is 0. The SMILES string of the molecule is CC/C=C\C/C=C\C/C=C\C/C=C\C/C=C\CCCC(=O)OC(/C=C\CCCCCCCCCCCCC)C(COP(=O)(O)OCC[N+](C)(C)C)NC(=O)CCCCCCCCCCC/C=C\C/C=C\C/C=C\C/C=C\CCCCC. The minimum absolute atomic E-state index is 0.0240. The zero-order valence-electron chi connectivity index (χ0n) is 53.0. The lowest BCUT2D eigenvalue weighted by atomic mass is 10.0. The van der Waals surface area contributed by atoms with Crippen LogP contribution in [0.25, 0.3) is 0 Å². The Morgan fingerprint density at radius 3 is 1.23 bits per heavy atom. The summed E-state index contributed by atoms with van der Waals surface area (Å²) in [5, 5.41) is 3.04. The quantitative estimate of drug-likeness (QED) is 0.0205. The fourth-order valence-electron chi connectivity index (χ4n) is 8.84. The van der Waals surface area contributed by atoms with Gasteiger partial charge in [-0.2, -0.15) is 0 Å². The van der Waals surface area contributed by atoms with E-state index in [1.165, 1.54) is 116 Å². The Kier molecular flexibility index (Phi) is 56.9. The molecule has 0 bridgehead atoms. The Balaban J connectivity index is 5.27. The van der Waals surface area contributed by atoms with Gasteiger partial charge in [0.05, 0.1) is 33.8 Å². The summed E-state index contributed by atoms with van der Waals surface area (Å²) >= 11 is 0. The molecule has 0 aliphatic rings. The second-order valence-corrected chi connectivity index (χ2v) is 24.4. The van der Waals surface area contributed by atoms with Crippen molar-refractivity contribution in [3.8, 4) is 0 Å². The number of unbranched alkanes of at least 4 members (excludes halogenated alkanes) is 24. The standard InChI is InChI=1S/C71H123N2O7P/c1-7-10-13-16-19-22-25-28-30-32-33-34-35-36-37-38-39-41-42-45-48-51-54-57-60-63-70(74)72-68(67-79-81(76,77)78-66-65-73(4,5)6)69(62-59-56-53-50-47-44-27-24-21-18-15-12-9-3)80-71(75)64-61-58-55-52-49-46-43-40-31-29-26-23-20-17-14-11-8-2/h11,14,19-20,22-23,28-31,33-34,36-37,43,46,52,55,59,62,68-69H,7-10,12-13,15-18,21,24-27,32,35,38-42,44-45,47-51,53-54,56-58,60-61,63-67H2,1-6H3,(H-,72,74,76,77)/p+1/b14-11-,22-19-,23-20-,30-28-,31-29-,34-33-,37-36-,46-43-,55-52-,62-59-. The summed E-state index contributed by atoms with van der Waals surface area (Å²) < 4.78 is 30.7. The van der Waals surface area contributed by atoms with Crippen molar-refractivity contribution in [2.24, 2.45) is 0 Å². The number of phosphoric ester groups is 1. The Morgan fingerprint density at radius 2 is 0.802 bits per heavy atom. The van der Waals surface area contributed by atoms with Crippen LogP contribution in [0.1, 0.15) is 265 Å². The Hall–Kier alpha value is -3.59. The minimum atomic E-state index is -4.47. The van der Waals surface area contributed by atoms with Crippen LogP contribution in [-0.2, 0) is 27.9 Å². The van der Waals surface area contributed by atoms with E-state index in [0.29, 0.717) is 23.9 Å². The van der Waals surface area contributed by atoms with Gasteiger partial charge in [0, 0.05) is 12.8 Å². The van der Waals surface area contributed by atoms with Gasteiger partial charge in [0.25, 0.3) is 0 Å². The summed E-state index contributed by atoms with van der Waals surface area (Å²) in [7, 11) is 1.45. The van der Waals surface area contributed by atoms with E-state index in [0.717, 1.165) is 109 Å². The van der Waals surface area contributed by atoms with Crippen molar-refractivity contribution in [2.45, 2.75) is 277 Å². The smallest absolute Gasteiger partial charge is 0.456 e. The zero-order valence-corrected chi connectivity index (χ0v) is 53.9. The molecule has 0 radical (unpaired) electrons. The number of amides is 1. The number of allylic oxidation sites excluding steroid dienone is 19. The van der Waals surface area contributed by atoms with Crippen molar-refractivity contribution < 1.29 is 37.3 Å². The number of carbonyl (C=O) groups excluding carboxylic acids is 2. The fourth-order valence-corrected chi connectivity index (χ4v) is 9.58. The van der Waals surface area contributed by atoms with Crippen LogP contribution in [-0.4, -0.2) is 74.3 Å². The number of likely N-dealkylation sites (N-methyl/N-ethyl adjacent to an activating group) is 1. The molecule has 9 nitrogen and oxygen atoms in total. The number of ether oxygens (including phenoxy) is 1. The molecule has 0 aromatic heterocycles. The zero-order chi connectivity index (χ0) is 59.3. The third-order valence-electron chi connectivity index (χ3n) is 13.9. The fraction of sp³-hybridized carbons (Fsp3) is 0.690. The van der Waals surface area contributed by atoms with E-state index in [2.05, 4.69) is 135 Å². The molecule has 81 heavy (non-hydrogen) atoms. The second-order valence-electron chi connectivity index (χ2n) is 22.9. The van der Waals surface area contributed by atoms with Crippen LogP contribution < -0.4 is 5.32 Å². The van der Waals surface area contributed by atoms with Crippen LogP contribution in [0.15, 0.2) is 122 Å². The average Bonchev–Trinajstić information content (AvgIpc) is 3.44. The van der Waals surface area contributed by atoms with Crippen molar-refractivity contribution in [1.82, 2.24) is 5.32 Å². The van der Waals surface area contributed by atoms with Crippen molar-refractivity contribution in [3.63, 3.8) is 0 Å². The van der Waals surface area contributed by atoms with E-state index in [1.807, 2.05) is 33.3 Å². The number of carbonyl (C=O) groups is 2. The number of nitrogens with one attached hydrogen (secondary N) is 1. The Morgan fingerprint density at radius 1 is 0.444 bits per heavy atom. The minimum Gasteiger partial charge on any atom is -0.456 e. The molecule has 0 aromatic rings. The molecule has 0 saturated carbocycles. The number of hydrogen-bond donors (Lipinski definition) is 2. The lowest BCUT2D eigenvalue weighted by Crippen LogP contribution is -2.47. The molecule has 464 valence electrons. The van der Waals surface area contributed by atoms with Crippen LogP contribution in [0.4, 0.5) is 0 Å². The lowest BCUT2D eigenvalue weighted by molar-refractivity contribution is -0.870. The Bertz CT molecular complexity index is 1800. The second kappa shape index (κ2) is 59.6. The largest absolute Gasteiger partial charge is 0.472 e. The highest BCUT2D eigenvalue weighted by molar-refractivity contribution is 7.47. The van der Waals surface area contributed by atoms with E-state index in [1.54, 1.807) is 0 Å². The molecule has 1 amide bonds. The maximum Gasteiger partial charge on any atom is 0.472 e. The molecule has 3 unspecified atom stereocenters. The van der Waals surface area contributed by atoms with Gasteiger partial charge in [0.15, 0.2) is 0 Å². The van der Waals surface area contributed by atoms with Gasteiger partial charge in [-0.05, 0) is 115 Å².